The zero-order valence-corrected chi connectivity index (χ0v) is 21.8. The van der Waals surface area contributed by atoms with Gasteiger partial charge in [-0.2, -0.15) is 0 Å². The lowest BCUT2D eigenvalue weighted by molar-refractivity contribution is 0.337. The zero-order chi connectivity index (χ0) is 20.2. The number of unbranched alkanes of at least 4 members (excludes halogenated alkanes) is 2. The van der Waals surface area contributed by atoms with Crippen LogP contribution in [-0.4, -0.2) is 62.9 Å². The van der Waals surface area contributed by atoms with Gasteiger partial charge in [-0.1, -0.05) is 47.5 Å². The second-order valence-electron chi connectivity index (χ2n) is 8.82. The molecule has 0 aromatic rings. The van der Waals surface area contributed by atoms with Crippen LogP contribution in [0.3, 0.4) is 0 Å². The SMILES string of the molecule is CCCCCN([Si](C)(C)N(CCC)CCC)[Si](C)(C)N(CCC)CCC. The van der Waals surface area contributed by atoms with Crippen molar-refractivity contribution >= 4 is 16.8 Å². The van der Waals surface area contributed by atoms with Crippen LogP contribution in [0.1, 0.15) is 79.6 Å². The first-order valence-corrected chi connectivity index (χ1v) is 17.3. The summed E-state index contributed by atoms with van der Waals surface area (Å²) in [7, 11) is -3.25. The number of rotatable bonds is 16. The van der Waals surface area contributed by atoms with Gasteiger partial charge in [-0.05, 0) is 91.0 Å². The second kappa shape index (κ2) is 13.5. The highest BCUT2D eigenvalue weighted by Gasteiger charge is 2.46. The lowest BCUT2D eigenvalue weighted by Crippen LogP contribution is -2.74. The molecule has 0 aromatic heterocycles. The van der Waals surface area contributed by atoms with Crippen molar-refractivity contribution < 1.29 is 0 Å². The average molecular weight is 402 g/mol. The number of hydrogen-bond acceptors (Lipinski definition) is 3. The van der Waals surface area contributed by atoms with Crippen LogP contribution < -0.4 is 0 Å². The molecule has 0 aliphatic carbocycles. The van der Waals surface area contributed by atoms with Gasteiger partial charge >= 0.3 is 0 Å². The first kappa shape index (κ1) is 26.3. The molecule has 0 aromatic carbocycles. The minimum absolute atomic E-state index is 1.27. The molecule has 0 rings (SSSR count). The van der Waals surface area contributed by atoms with Gasteiger partial charge in [0.2, 0.25) is 0 Å². The summed E-state index contributed by atoms with van der Waals surface area (Å²) in [5, 5.41) is 0. The molecule has 5 heteroatoms. The van der Waals surface area contributed by atoms with Crippen molar-refractivity contribution in [2.75, 3.05) is 32.7 Å². The van der Waals surface area contributed by atoms with Crippen molar-refractivity contribution in [3.63, 3.8) is 0 Å². The maximum absolute atomic E-state index is 3.09. The third kappa shape index (κ3) is 7.74. The normalized spacial score (nSPS) is 13.4. The average Bonchev–Trinajstić information content (AvgIpc) is 2.58. The van der Waals surface area contributed by atoms with E-state index in [4.69, 9.17) is 0 Å². The van der Waals surface area contributed by atoms with Gasteiger partial charge in [-0.25, -0.2) is 0 Å². The quantitative estimate of drug-likeness (QED) is 0.227. The molecule has 0 atom stereocenters. The van der Waals surface area contributed by atoms with Crippen LogP contribution in [0.5, 0.6) is 0 Å². The lowest BCUT2D eigenvalue weighted by atomic mass is 10.3. The van der Waals surface area contributed by atoms with Crippen LogP contribution in [0.15, 0.2) is 0 Å². The van der Waals surface area contributed by atoms with Gasteiger partial charge in [0.15, 0.2) is 16.8 Å². The Morgan fingerprint density at radius 3 is 1.08 bits per heavy atom. The fourth-order valence-electron chi connectivity index (χ4n) is 4.48. The van der Waals surface area contributed by atoms with Crippen molar-refractivity contribution in [3.8, 4) is 0 Å². The van der Waals surface area contributed by atoms with Gasteiger partial charge in [0, 0.05) is 0 Å². The van der Waals surface area contributed by atoms with Gasteiger partial charge in [0.25, 0.3) is 0 Å². The standard InChI is InChI=1S/C21H51N3Si2/c1-10-15-16-21-24(25(6,7)22(17-11-2)18-12-3)26(8,9)23(19-13-4)20-14-5/h10-21H2,1-9H3. The van der Waals surface area contributed by atoms with Crippen molar-refractivity contribution in [2.24, 2.45) is 0 Å². The molecule has 26 heavy (non-hydrogen) atoms. The summed E-state index contributed by atoms with van der Waals surface area (Å²) >= 11 is 0. The molecule has 0 bridgehead atoms. The highest BCUT2D eigenvalue weighted by atomic mass is 28.4. The highest BCUT2D eigenvalue weighted by Crippen LogP contribution is 2.27. The molecule has 0 unspecified atom stereocenters. The van der Waals surface area contributed by atoms with Crippen LogP contribution in [-0.2, 0) is 0 Å². The molecular weight excluding hydrogens is 350 g/mol. The van der Waals surface area contributed by atoms with E-state index in [1.54, 1.807) is 0 Å². The number of nitrogens with zero attached hydrogens (tertiary/aromatic N) is 3. The fourth-order valence-corrected chi connectivity index (χ4v) is 15.9. The predicted molar refractivity (Wildman–Crippen MR) is 126 cm³/mol. The lowest BCUT2D eigenvalue weighted by Gasteiger charge is -2.55. The molecular formula is C21H51N3Si2. The van der Waals surface area contributed by atoms with Crippen molar-refractivity contribution in [2.45, 2.75) is 106 Å². The fraction of sp³-hybridized carbons (Fsp3) is 1.00. The Morgan fingerprint density at radius 1 is 0.462 bits per heavy atom. The Kier molecular flexibility index (Phi) is 13.6. The minimum Gasteiger partial charge on any atom is -0.322 e. The summed E-state index contributed by atoms with van der Waals surface area (Å²) in [5.74, 6) is 0. The van der Waals surface area contributed by atoms with E-state index < -0.39 is 16.8 Å². The van der Waals surface area contributed by atoms with Crippen LogP contribution in [0.4, 0.5) is 0 Å². The van der Waals surface area contributed by atoms with E-state index >= 15 is 0 Å². The molecule has 158 valence electrons. The first-order valence-electron chi connectivity index (χ1n) is 11.5. The van der Waals surface area contributed by atoms with Crippen LogP contribution in [0.2, 0.25) is 26.2 Å². The molecule has 0 fully saturated rings. The molecule has 0 saturated heterocycles. The van der Waals surface area contributed by atoms with E-state index in [1.165, 1.54) is 77.7 Å². The van der Waals surface area contributed by atoms with Crippen LogP contribution >= 0.6 is 0 Å². The van der Waals surface area contributed by atoms with Gasteiger partial charge in [0.1, 0.15) is 0 Å². The molecule has 3 nitrogen and oxygen atoms in total. The molecule has 0 radical (unpaired) electrons. The van der Waals surface area contributed by atoms with Gasteiger partial charge in [0.05, 0.1) is 0 Å². The molecule has 0 spiro atoms. The molecule has 0 aliphatic rings. The van der Waals surface area contributed by atoms with Crippen LogP contribution in [0, 0.1) is 0 Å². The van der Waals surface area contributed by atoms with Crippen molar-refractivity contribution in [1.29, 1.82) is 0 Å². The monoisotopic (exact) mass is 401 g/mol. The zero-order valence-electron chi connectivity index (χ0n) is 19.8. The third-order valence-electron chi connectivity index (χ3n) is 5.83. The second-order valence-corrected chi connectivity index (χ2v) is 17.6. The third-order valence-corrected chi connectivity index (χ3v) is 16.2. The summed E-state index contributed by atoms with van der Waals surface area (Å²) < 4.78 is 8.87. The van der Waals surface area contributed by atoms with E-state index in [-0.39, 0.29) is 0 Å². The Balaban J connectivity index is 5.75. The summed E-state index contributed by atoms with van der Waals surface area (Å²) in [6.07, 6.45) is 9.14. The topological polar surface area (TPSA) is 9.72 Å². The molecule has 0 aliphatic heterocycles. The minimum atomic E-state index is -1.62. The van der Waals surface area contributed by atoms with E-state index in [1.807, 2.05) is 0 Å². The Hall–Kier alpha value is 0.314. The highest BCUT2D eigenvalue weighted by molar-refractivity contribution is 6.88. The van der Waals surface area contributed by atoms with E-state index in [2.05, 4.69) is 74.2 Å². The van der Waals surface area contributed by atoms with Crippen molar-refractivity contribution in [1.82, 2.24) is 13.4 Å². The van der Waals surface area contributed by atoms with Gasteiger partial charge in [-0.3, -0.25) is 0 Å². The molecule has 0 heterocycles. The van der Waals surface area contributed by atoms with Gasteiger partial charge in [-0.15, -0.1) is 0 Å². The van der Waals surface area contributed by atoms with E-state index in [0.29, 0.717) is 0 Å². The maximum Gasteiger partial charge on any atom is 0.194 e. The Bertz CT molecular complexity index is 308. The Labute approximate surface area is 168 Å². The largest absolute Gasteiger partial charge is 0.322 e. The molecule has 0 saturated carbocycles. The summed E-state index contributed by atoms with van der Waals surface area (Å²) in [4.78, 5) is 0. The summed E-state index contributed by atoms with van der Waals surface area (Å²) in [6, 6.07) is 0. The van der Waals surface area contributed by atoms with Gasteiger partial charge < -0.3 is 13.4 Å². The molecule has 0 N–H and O–H groups in total. The summed E-state index contributed by atoms with van der Waals surface area (Å²) in [5.41, 5.74) is 0. The number of hydrogen-bond donors (Lipinski definition) is 0. The van der Waals surface area contributed by atoms with Crippen LogP contribution in [0.25, 0.3) is 0 Å². The predicted octanol–water partition coefficient (Wildman–Crippen LogP) is 6.13. The Morgan fingerprint density at radius 2 is 0.808 bits per heavy atom. The smallest absolute Gasteiger partial charge is 0.194 e. The first-order chi connectivity index (χ1) is 12.2. The molecule has 0 amide bonds. The maximum atomic E-state index is 3.09. The van der Waals surface area contributed by atoms with Crippen molar-refractivity contribution in [3.05, 3.63) is 0 Å². The van der Waals surface area contributed by atoms with E-state index in [0.717, 1.165) is 0 Å². The summed E-state index contributed by atoms with van der Waals surface area (Å²) in [6.45, 7) is 28.6. The van der Waals surface area contributed by atoms with E-state index in [9.17, 15) is 0 Å².